The summed E-state index contributed by atoms with van der Waals surface area (Å²) < 4.78 is 13.3. The van der Waals surface area contributed by atoms with Gasteiger partial charge in [0, 0.05) is 6.54 Å². The molecule has 20 heavy (non-hydrogen) atoms. The van der Waals surface area contributed by atoms with Crippen molar-refractivity contribution in [2.45, 2.75) is 27.7 Å². The van der Waals surface area contributed by atoms with Gasteiger partial charge in [-0.2, -0.15) is 5.26 Å². The van der Waals surface area contributed by atoms with Crippen LogP contribution >= 0.6 is 0 Å². The van der Waals surface area contributed by atoms with E-state index in [1.54, 1.807) is 12.1 Å². The van der Waals surface area contributed by atoms with Crippen LogP contribution in [0.3, 0.4) is 0 Å². The highest BCUT2D eigenvalue weighted by Crippen LogP contribution is 2.17. The molecule has 0 fully saturated rings. The van der Waals surface area contributed by atoms with Crippen LogP contribution in [0, 0.1) is 29.0 Å². The zero-order valence-corrected chi connectivity index (χ0v) is 12.7. The molecule has 1 aromatic rings. The van der Waals surface area contributed by atoms with Crippen LogP contribution in [0.2, 0.25) is 0 Å². The molecule has 0 aliphatic heterocycles. The third-order valence-electron chi connectivity index (χ3n) is 3.09. The maximum atomic E-state index is 13.3. The Labute approximate surface area is 121 Å². The SMILES string of the molecule is CC(C)CNC/C(=C/c1ccc(F)c(C#N)c1)C(C)C. The summed E-state index contributed by atoms with van der Waals surface area (Å²) in [6, 6.07) is 6.53. The molecule has 0 radical (unpaired) electrons. The van der Waals surface area contributed by atoms with Crippen molar-refractivity contribution in [1.29, 1.82) is 5.26 Å². The van der Waals surface area contributed by atoms with Crippen LogP contribution in [0.5, 0.6) is 0 Å². The molecule has 0 spiro atoms. The minimum Gasteiger partial charge on any atom is -0.313 e. The molecular formula is C17H23FN2. The van der Waals surface area contributed by atoms with Gasteiger partial charge in [0.15, 0.2) is 0 Å². The summed E-state index contributed by atoms with van der Waals surface area (Å²) >= 11 is 0. The number of hydrogen-bond acceptors (Lipinski definition) is 2. The summed E-state index contributed by atoms with van der Waals surface area (Å²) in [5, 5.41) is 12.3. The Balaban J connectivity index is 2.88. The lowest BCUT2D eigenvalue weighted by Gasteiger charge is -2.14. The van der Waals surface area contributed by atoms with E-state index in [0.717, 1.165) is 18.7 Å². The maximum Gasteiger partial charge on any atom is 0.140 e. The van der Waals surface area contributed by atoms with Crippen molar-refractivity contribution in [2.24, 2.45) is 11.8 Å². The third kappa shape index (κ3) is 5.14. The van der Waals surface area contributed by atoms with Crippen LogP contribution in [-0.4, -0.2) is 13.1 Å². The van der Waals surface area contributed by atoms with Gasteiger partial charge in [-0.05, 0) is 36.1 Å². The Kier molecular flexibility index (Phi) is 6.41. The number of nitriles is 1. The monoisotopic (exact) mass is 274 g/mol. The van der Waals surface area contributed by atoms with Crippen LogP contribution in [0.4, 0.5) is 4.39 Å². The van der Waals surface area contributed by atoms with Crippen LogP contribution in [0.15, 0.2) is 23.8 Å². The second-order valence-electron chi connectivity index (χ2n) is 5.75. The fourth-order valence-electron chi connectivity index (χ4n) is 1.86. The molecule has 2 nitrogen and oxygen atoms in total. The van der Waals surface area contributed by atoms with Gasteiger partial charge in [-0.3, -0.25) is 0 Å². The van der Waals surface area contributed by atoms with E-state index in [2.05, 4.69) is 33.0 Å². The summed E-state index contributed by atoms with van der Waals surface area (Å²) in [6.07, 6.45) is 2.04. The van der Waals surface area contributed by atoms with Gasteiger partial charge < -0.3 is 5.32 Å². The second-order valence-corrected chi connectivity index (χ2v) is 5.75. The van der Waals surface area contributed by atoms with Crippen molar-refractivity contribution in [2.75, 3.05) is 13.1 Å². The predicted molar refractivity (Wildman–Crippen MR) is 81.6 cm³/mol. The largest absolute Gasteiger partial charge is 0.313 e. The quantitative estimate of drug-likeness (QED) is 0.851. The first-order valence-electron chi connectivity index (χ1n) is 7.04. The first kappa shape index (κ1) is 16.4. The summed E-state index contributed by atoms with van der Waals surface area (Å²) in [5.41, 5.74) is 2.22. The molecule has 0 saturated heterocycles. The van der Waals surface area contributed by atoms with Crippen molar-refractivity contribution in [3.8, 4) is 6.07 Å². The number of hydrogen-bond donors (Lipinski definition) is 1. The first-order valence-corrected chi connectivity index (χ1v) is 7.04. The zero-order valence-electron chi connectivity index (χ0n) is 12.7. The molecule has 0 aliphatic rings. The average molecular weight is 274 g/mol. The van der Waals surface area contributed by atoms with Gasteiger partial charge >= 0.3 is 0 Å². The smallest absolute Gasteiger partial charge is 0.140 e. The Morgan fingerprint density at radius 1 is 1.35 bits per heavy atom. The molecule has 0 atom stereocenters. The minimum absolute atomic E-state index is 0.0944. The molecule has 0 unspecified atom stereocenters. The number of nitrogens with one attached hydrogen (secondary N) is 1. The molecule has 1 rings (SSSR count). The van der Waals surface area contributed by atoms with Gasteiger partial charge in [0.25, 0.3) is 0 Å². The lowest BCUT2D eigenvalue weighted by molar-refractivity contribution is 0.558. The zero-order chi connectivity index (χ0) is 15.1. The minimum atomic E-state index is -0.464. The average Bonchev–Trinajstić information content (AvgIpc) is 2.39. The van der Waals surface area contributed by atoms with E-state index < -0.39 is 5.82 Å². The molecule has 0 aromatic heterocycles. The third-order valence-corrected chi connectivity index (χ3v) is 3.09. The van der Waals surface area contributed by atoms with Crippen molar-refractivity contribution >= 4 is 6.08 Å². The normalized spacial score (nSPS) is 12.0. The Morgan fingerprint density at radius 2 is 2.05 bits per heavy atom. The Hall–Kier alpha value is -1.66. The molecule has 1 N–H and O–H groups in total. The molecule has 0 bridgehead atoms. The molecule has 3 heteroatoms. The summed E-state index contributed by atoms with van der Waals surface area (Å²) in [6.45, 7) is 10.4. The van der Waals surface area contributed by atoms with E-state index in [1.165, 1.54) is 11.6 Å². The number of halogens is 1. The topological polar surface area (TPSA) is 35.8 Å². The second kappa shape index (κ2) is 7.81. The predicted octanol–water partition coefficient (Wildman–Crippen LogP) is 3.98. The van der Waals surface area contributed by atoms with Crippen molar-refractivity contribution in [3.05, 3.63) is 40.7 Å². The number of benzene rings is 1. The summed E-state index contributed by atoms with van der Waals surface area (Å²) in [5.74, 6) is 0.554. The fraction of sp³-hybridized carbons (Fsp3) is 0.471. The standard InChI is InChI=1S/C17H23FN2/c1-12(2)10-20-11-16(13(3)4)8-14-5-6-17(18)15(7-14)9-19/h5-8,12-13,20H,10-11H2,1-4H3/b16-8-. The van der Waals surface area contributed by atoms with E-state index in [0.29, 0.717) is 11.8 Å². The number of nitrogens with zero attached hydrogens (tertiary/aromatic N) is 1. The van der Waals surface area contributed by atoms with Crippen LogP contribution in [0.1, 0.15) is 38.8 Å². The van der Waals surface area contributed by atoms with E-state index in [-0.39, 0.29) is 5.56 Å². The fourth-order valence-corrected chi connectivity index (χ4v) is 1.86. The summed E-state index contributed by atoms with van der Waals surface area (Å²) in [4.78, 5) is 0. The van der Waals surface area contributed by atoms with Crippen LogP contribution in [0.25, 0.3) is 6.08 Å². The molecule has 1 aromatic carbocycles. The van der Waals surface area contributed by atoms with Crippen LogP contribution < -0.4 is 5.32 Å². The Morgan fingerprint density at radius 3 is 2.60 bits per heavy atom. The van der Waals surface area contributed by atoms with Gasteiger partial charge in [0.1, 0.15) is 11.9 Å². The molecule has 0 heterocycles. The van der Waals surface area contributed by atoms with Crippen LogP contribution in [-0.2, 0) is 0 Å². The van der Waals surface area contributed by atoms with E-state index >= 15 is 0 Å². The van der Waals surface area contributed by atoms with Crippen molar-refractivity contribution in [3.63, 3.8) is 0 Å². The summed E-state index contributed by atoms with van der Waals surface area (Å²) in [7, 11) is 0. The maximum absolute atomic E-state index is 13.3. The molecule has 0 amide bonds. The number of rotatable bonds is 6. The van der Waals surface area contributed by atoms with Gasteiger partial charge in [-0.1, -0.05) is 45.4 Å². The van der Waals surface area contributed by atoms with Crippen molar-refractivity contribution < 1.29 is 4.39 Å². The van der Waals surface area contributed by atoms with Gasteiger partial charge in [-0.15, -0.1) is 0 Å². The highest BCUT2D eigenvalue weighted by molar-refractivity contribution is 5.56. The van der Waals surface area contributed by atoms with E-state index in [4.69, 9.17) is 5.26 Å². The highest BCUT2D eigenvalue weighted by atomic mass is 19.1. The van der Waals surface area contributed by atoms with E-state index in [9.17, 15) is 4.39 Å². The lowest BCUT2D eigenvalue weighted by atomic mass is 9.99. The molecule has 108 valence electrons. The highest BCUT2D eigenvalue weighted by Gasteiger charge is 2.06. The van der Waals surface area contributed by atoms with Crippen molar-refractivity contribution in [1.82, 2.24) is 5.32 Å². The van der Waals surface area contributed by atoms with E-state index in [1.807, 2.05) is 12.1 Å². The first-order chi connectivity index (χ1) is 9.43. The lowest BCUT2D eigenvalue weighted by Crippen LogP contribution is -2.23. The Bertz CT molecular complexity index is 510. The molecule has 0 saturated carbocycles. The van der Waals surface area contributed by atoms with Gasteiger partial charge in [0.05, 0.1) is 5.56 Å². The molecule has 0 aliphatic carbocycles. The van der Waals surface area contributed by atoms with Gasteiger partial charge in [-0.25, -0.2) is 4.39 Å². The molecular weight excluding hydrogens is 251 g/mol. The van der Waals surface area contributed by atoms with Gasteiger partial charge in [0.2, 0.25) is 0 Å².